The normalized spacial score (nSPS) is 21.9. The summed E-state index contributed by atoms with van der Waals surface area (Å²) in [5, 5.41) is 3.35. The fourth-order valence-electron chi connectivity index (χ4n) is 2.03. The Morgan fingerprint density at radius 1 is 1.43 bits per heavy atom. The zero-order valence-corrected chi connectivity index (χ0v) is 7.85. The highest BCUT2D eigenvalue weighted by atomic mass is 15.1. The summed E-state index contributed by atoms with van der Waals surface area (Å²) in [5.74, 6) is 1.68. The molecule has 3 heterocycles. The second kappa shape index (κ2) is 3.06. The maximum Gasteiger partial charge on any atom is 0.156 e. The first-order valence-corrected chi connectivity index (χ1v) is 4.94. The first-order chi connectivity index (χ1) is 6.95. The molecule has 0 radical (unpaired) electrons. The van der Waals surface area contributed by atoms with Gasteiger partial charge in [-0.1, -0.05) is 0 Å². The largest absolute Gasteiger partial charge is 0.316 e. The third kappa shape index (κ3) is 1.11. The molecule has 4 nitrogen and oxygen atoms in total. The predicted molar refractivity (Wildman–Crippen MR) is 53.2 cm³/mol. The van der Waals surface area contributed by atoms with E-state index in [1.165, 1.54) is 6.42 Å². The van der Waals surface area contributed by atoms with Gasteiger partial charge in [-0.15, -0.1) is 0 Å². The van der Waals surface area contributed by atoms with Gasteiger partial charge in [0, 0.05) is 24.9 Å². The molecule has 4 heteroatoms. The molecule has 1 saturated heterocycles. The summed E-state index contributed by atoms with van der Waals surface area (Å²) in [7, 11) is 0. The lowest BCUT2D eigenvalue weighted by Crippen LogP contribution is -2.10. The number of fused-ring (bicyclic) bond motifs is 1. The van der Waals surface area contributed by atoms with Gasteiger partial charge in [-0.3, -0.25) is 4.40 Å². The smallest absolute Gasteiger partial charge is 0.156 e. The van der Waals surface area contributed by atoms with Crippen molar-refractivity contribution in [3.05, 3.63) is 30.5 Å². The van der Waals surface area contributed by atoms with Gasteiger partial charge in [0.1, 0.15) is 5.82 Å². The highest BCUT2D eigenvalue weighted by Crippen LogP contribution is 2.21. The summed E-state index contributed by atoms with van der Waals surface area (Å²) in [6, 6.07) is 1.94. The lowest BCUT2D eigenvalue weighted by molar-refractivity contribution is 0.697. The number of aromatic nitrogens is 3. The van der Waals surface area contributed by atoms with Crippen LogP contribution in [-0.4, -0.2) is 27.5 Å². The van der Waals surface area contributed by atoms with Crippen molar-refractivity contribution < 1.29 is 0 Å². The zero-order chi connectivity index (χ0) is 9.38. The minimum atomic E-state index is 0.543. The molecule has 0 amide bonds. The molecule has 72 valence electrons. The van der Waals surface area contributed by atoms with Crippen molar-refractivity contribution in [2.75, 3.05) is 13.1 Å². The molecule has 0 bridgehead atoms. The molecule has 1 atom stereocenters. The van der Waals surface area contributed by atoms with Gasteiger partial charge in [0.05, 0.1) is 6.20 Å². The molecule has 1 N–H and O–H groups in total. The van der Waals surface area contributed by atoms with Gasteiger partial charge < -0.3 is 5.32 Å². The molecule has 2 aromatic heterocycles. The minimum Gasteiger partial charge on any atom is -0.316 e. The van der Waals surface area contributed by atoms with E-state index in [1.54, 1.807) is 6.20 Å². The maximum absolute atomic E-state index is 4.44. The van der Waals surface area contributed by atoms with Crippen molar-refractivity contribution in [1.29, 1.82) is 0 Å². The van der Waals surface area contributed by atoms with Crippen molar-refractivity contribution >= 4 is 5.65 Å². The number of hydrogen-bond acceptors (Lipinski definition) is 3. The quantitative estimate of drug-likeness (QED) is 0.720. The lowest BCUT2D eigenvalue weighted by Gasteiger charge is -2.06. The molecule has 2 aromatic rings. The molecule has 1 aliphatic heterocycles. The van der Waals surface area contributed by atoms with Crippen LogP contribution in [0.3, 0.4) is 0 Å². The average molecular weight is 188 g/mol. The molecule has 0 aromatic carbocycles. The van der Waals surface area contributed by atoms with Gasteiger partial charge in [-0.2, -0.15) is 0 Å². The van der Waals surface area contributed by atoms with Crippen LogP contribution in [0.1, 0.15) is 18.2 Å². The van der Waals surface area contributed by atoms with Gasteiger partial charge in [0.25, 0.3) is 0 Å². The van der Waals surface area contributed by atoms with Gasteiger partial charge in [-0.25, -0.2) is 9.97 Å². The predicted octanol–water partition coefficient (Wildman–Crippen LogP) is 0.806. The Morgan fingerprint density at radius 3 is 3.29 bits per heavy atom. The molecule has 1 fully saturated rings. The van der Waals surface area contributed by atoms with Gasteiger partial charge in [0.15, 0.2) is 5.65 Å². The Balaban J connectivity index is 2.11. The third-order valence-corrected chi connectivity index (χ3v) is 2.76. The summed E-state index contributed by atoms with van der Waals surface area (Å²) in [4.78, 5) is 8.69. The van der Waals surface area contributed by atoms with Gasteiger partial charge >= 0.3 is 0 Å². The van der Waals surface area contributed by atoms with Crippen LogP contribution in [0.25, 0.3) is 5.65 Å². The molecule has 0 spiro atoms. The van der Waals surface area contributed by atoms with E-state index in [9.17, 15) is 0 Å². The Morgan fingerprint density at radius 2 is 2.43 bits per heavy atom. The van der Waals surface area contributed by atoms with Crippen molar-refractivity contribution in [2.45, 2.75) is 12.3 Å². The molecule has 14 heavy (non-hydrogen) atoms. The van der Waals surface area contributed by atoms with Crippen molar-refractivity contribution in [3.63, 3.8) is 0 Å². The van der Waals surface area contributed by atoms with Gasteiger partial charge in [-0.05, 0) is 19.0 Å². The zero-order valence-electron chi connectivity index (χ0n) is 7.85. The lowest BCUT2D eigenvalue weighted by atomic mass is 10.1. The van der Waals surface area contributed by atoms with Crippen LogP contribution in [-0.2, 0) is 0 Å². The second-order valence-corrected chi connectivity index (χ2v) is 3.65. The molecule has 0 saturated carbocycles. The Kier molecular flexibility index (Phi) is 1.73. The summed E-state index contributed by atoms with van der Waals surface area (Å²) >= 11 is 0. The van der Waals surface area contributed by atoms with E-state index in [0.29, 0.717) is 5.92 Å². The molecular weight excluding hydrogens is 176 g/mol. The maximum atomic E-state index is 4.44. The van der Waals surface area contributed by atoms with Crippen LogP contribution < -0.4 is 5.32 Å². The van der Waals surface area contributed by atoms with Crippen LogP contribution in [0, 0.1) is 0 Å². The van der Waals surface area contributed by atoms with Crippen LogP contribution in [0.2, 0.25) is 0 Å². The van der Waals surface area contributed by atoms with E-state index in [2.05, 4.69) is 19.7 Å². The number of imidazole rings is 1. The van der Waals surface area contributed by atoms with E-state index < -0.39 is 0 Å². The van der Waals surface area contributed by atoms with E-state index in [0.717, 1.165) is 24.6 Å². The van der Waals surface area contributed by atoms with E-state index in [1.807, 2.05) is 18.5 Å². The summed E-state index contributed by atoms with van der Waals surface area (Å²) in [5.41, 5.74) is 0.939. The molecule has 1 unspecified atom stereocenters. The minimum absolute atomic E-state index is 0.543. The van der Waals surface area contributed by atoms with Crippen LogP contribution in [0.15, 0.2) is 24.7 Å². The first-order valence-electron chi connectivity index (χ1n) is 4.94. The Labute approximate surface area is 82.0 Å². The van der Waals surface area contributed by atoms with Crippen LogP contribution >= 0.6 is 0 Å². The number of nitrogens with zero attached hydrogens (tertiary/aromatic N) is 3. The molecule has 0 aliphatic carbocycles. The van der Waals surface area contributed by atoms with E-state index in [4.69, 9.17) is 0 Å². The number of nitrogens with one attached hydrogen (secondary N) is 1. The fraction of sp³-hybridized carbons (Fsp3) is 0.400. The fourth-order valence-corrected chi connectivity index (χ4v) is 2.03. The average Bonchev–Trinajstić information content (AvgIpc) is 2.85. The summed E-state index contributed by atoms with van der Waals surface area (Å²) in [6.45, 7) is 2.13. The monoisotopic (exact) mass is 188 g/mol. The highest BCUT2D eigenvalue weighted by Gasteiger charge is 2.20. The SMILES string of the molecule is c1cnc2cnc(C3CCNC3)n2c1. The molecule has 3 rings (SSSR count). The number of rotatable bonds is 1. The highest BCUT2D eigenvalue weighted by molar-refractivity contribution is 5.37. The molecular formula is C10H12N4. The second-order valence-electron chi connectivity index (χ2n) is 3.65. The van der Waals surface area contributed by atoms with E-state index in [-0.39, 0.29) is 0 Å². The van der Waals surface area contributed by atoms with Crippen molar-refractivity contribution in [1.82, 2.24) is 19.7 Å². The first kappa shape index (κ1) is 7.94. The summed E-state index contributed by atoms with van der Waals surface area (Å²) in [6.07, 6.45) is 6.85. The van der Waals surface area contributed by atoms with Crippen molar-refractivity contribution in [3.8, 4) is 0 Å². The van der Waals surface area contributed by atoms with Crippen LogP contribution in [0.4, 0.5) is 0 Å². The Bertz CT molecular complexity index is 442. The molecule has 1 aliphatic rings. The number of hydrogen-bond donors (Lipinski definition) is 1. The topological polar surface area (TPSA) is 42.2 Å². The van der Waals surface area contributed by atoms with Crippen molar-refractivity contribution in [2.24, 2.45) is 0 Å². The summed E-state index contributed by atoms with van der Waals surface area (Å²) < 4.78 is 2.08. The Hall–Kier alpha value is -1.42. The standard InChI is InChI=1S/C10H12N4/c1-3-12-9-7-13-10(14(9)5-1)8-2-4-11-6-8/h1,3,5,7-8,11H,2,4,6H2. The van der Waals surface area contributed by atoms with Gasteiger partial charge in [0.2, 0.25) is 0 Å². The van der Waals surface area contributed by atoms with Crippen LogP contribution in [0.5, 0.6) is 0 Å². The van der Waals surface area contributed by atoms with E-state index >= 15 is 0 Å². The third-order valence-electron chi connectivity index (χ3n) is 2.76.